The van der Waals surface area contributed by atoms with E-state index in [0.29, 0.717) is 5.69 Å². The Morgan fingerprint density at radius 2 is 1.85 bits per heavy atom. The normalized spacial score (nSPS) is 13.3. The Kier molecular flexibility index (Phi) is 4.03. The van der Waals surface area contributed by atoms with Gasteiger partial charge in [-0.25, -0.2) is 9.18 Å². The minimum Gasteiger partial charge on any atom is -0.467 e. The van der Waals surface area contributed by atoms with E-state index in [2.05, 4.69) is 5.32 Å². The predicted molar refractivity (Wildman–Crippen MR) is 75.8 cm³/mol. The molecule has 0 heterocycles. The van der Waals surface area contributed by atoms with Gasteiger partial charge in [-0.15, -0.1) is 0 Å². The van der Waals surface area contributed by atoms with Crippen molar-refractivity contribution in [1.82, 2.24) is 0 Å². The average molecular weight is 273 g/mol. The second kappa shape index (κ2) is 5.74. The van der Waals surface area contributed by atoms with Gasteiger partial charge in [0.25, 0.3) is 0 Å². The maximum Gasteiger partial charge on any atom is 0.335 e. The minimum atomic E-state index is -1.08. The monoisotopic (exact) mass is 273 g/mol. The van der Waals surface area contributed by atoms with Crippen LogP contribution in [-0.4, -0.2) is 13.1 Å². The van der Waals surface area contributed by atoms with Crippen molar-refractivity contribution in [3.05, 3.63) is 66.0 Å². The summed E-state index contributed by atoms with van der Waals surface area (Å²) >= 11 is 0. The molecular formula is C16H16FNO2. The van der Waals surface area contributed by atoms with Gasteiger partial charge in [-0.3, -0.25) is 0 Å². The summed E-state index contributed by atoms with van der Waals surface area (Å²) in [7, 11) is 1.33. The summed E-state index contributed by atoms with van der Waals surface area (Å²) in [4.78, 5) is 12.1. The van der Waals surface area contributed by atoms with Gasteiger partial charge in [0.15, 0.2) is 5.54 Å². The number of hydrogen-bond acceptors (Lipinski definition) is 3. The molecule has 20 heavy (non-hydrogen) atoms. The molecule has 1 N–H and O–H groups in total. The van der Waals surface area contributed by atoms with E-state index in [0.717, 1.165) is 5.56 Å². The summed E-state index contributed by atoms with van der Waals surface area (Å²) < 4.78 is 18.1. The molecule has 2 rings (SSSR count). The zero-order valence-electron chi connectivity index (χ0n) is 11.4. The molecule has 1 atom stereocenters. The molecule has 0 aliphatic rings. The number of anilines is 1. The summed E-state index contributed by atoms with van der Waals surface area (Å²) in [5.74, 6) is -0.803. The van der Waals surface area contributed by atoms with E-state index in [1.165, 1.54) is 19.2 Å². The van der Waals surface area contributed by atoms with Crippen LogP contribution in [0, 0.1) is 5.82 Å². The number of nitrogens with one attached hydrogen (secondary N) is 1. The van der Waals surface area contributed by atoms with Crippen LogP contribution >= 0.6 is 0 Å². The first-order valence-electron chi connectivity index (χ1n) is 6.24. The number of rotatable bonds is 4. The molecule has 0 spiro atoms. The fourth-order valence-corrected chi connectivity index (χ4v) is 2.07. The topological polar surface area (TPSA) is 38.3 Å². The molecule has 104 valence electrons. The van der Waals surface area contributed by atoms with Crippen molar-refractivity contribution in [2.45, 2.75) is 12.5 Å². The fraction of sp³-hybridized carbons (Fsp3) is 0.188. The second-order valence-corrected chi connectivity index (χ2v) is 4.62. The third kappa shape index (κ3) is 2.79. The van der Waals surface area contributed by atoms with Gasteiger partial charge >= 0.3 is 5.97 Å². The first-order valence-corrected chi connectivity index (χ1v) is 6.24. The van der Waals surface area contributed by atoms with Crippen LogP contribution in [0.4, 0.5) is 10.1 Å². The number of esters is 1. The molecule has 0 saturated heterocycles. The van der Waals surface area contributed by atoms with E-state index >= 15 is 0 Å². The zero-order chi connectivity index (χ0) is 14.6. The van der Waals surface area contributed by atoms with Gasteiger partial charge in [0.05, 0.1) is 7.11 Å². The Balaban J connectivity index is 2.41. The molecule has 1 unspecified atom stereocenters. The number of halogens is 1. The first-order chi connectivity index (χ1) is 9.56. The molecule has 0 fully saturated rings. The lowest BCUT2D eigenvalue weighted by Crippen LogP contribution is -2.41. The lowest BCUT2D eigenvalue weighted by atomic mass is 9.91. The van der Waals surface area contributed by atoms with E-state index in [1.807, 2.05) is 30.3 Å². The van der Waals surface area contributed by atoms with Gasteiger partial charge in [-0.2, -0.15) is 0 Å². The Hall–Kier alpha value is -2.36. The molecule has 4 heteroatoms. The Bertz CT molecular complexity index is 600. The lowest BCUT2D eigenvalue weighted by Gasteiger charge is -2.29. The highest BCUT2D eigenvalue weighted by Gasteiger charge is 2.36. The highest BCUT2D eigenvalue weighted by Crippen LogP contribution is 2.27. The predicted octanol–water partition coefficient (Wildman–Crippen LogP) is 3.33. The van der Waals surface area contributed by atoms with Crippen molar-refractivity contribution in [2.75, 3.05) is 12.4 Å². The Morgan fingerprint density at radius 3 is 2.45 bits per heavy atom. The smallest absolute Gasteiger partial charge is 0.335 e. The van der Waals surface area contributed by atoms with Gasteiger partial charge in [-0.05, 0) is 30.7 Å². The molecule has 2 aromatic carbocycles. The maximum absolute atomic E-state index is 13.3. The summed E-state index contributed by atoms with van der Waals surface area (Å²) in [6.07, 6.45) is 0. The SMILES string of the molecule is COC(=O)C(C)(Nc1cccc(F)c1)c1ccccc1. The number of ether oxygens (including phenoxy) is 1. The van der Waals surface area contributed by atoms with Gasteiger partial charge in [0.1, 0.15) is 5.82 Å². The van der Waals surface area contributed by atoms with Crippen molar-refractivity contribution < 1.29 is 13.9 Å². The molecule has 0 aliphatic heterocycles. The van der Waals surface area contributed by atoms with E-state index in [4.69, 9.17) is 4.74 Å². The van der Waals surface area contributed by atoms with Crippen LogP contribution < -0.4 is 5.32 Å². The quantitative estimate of drug-likeness (QED) is 0.868. The number of methoxy groups -OCH3 is 1. The van der Waals surface area contributed by atoms with Crippen molar-refractivity contribution >= 4 is 11.7 Å². The highest BCUT2D eigenvalue weighted by molar-refractivity contribution is 5.85. The molecule has 0 amide bonds. The standard InChI is InChI=1S/C16H16FNO2/c1-16(15(19)20-2,12-7-4-3-5-8-12)18-14-10-6-9-13(17)11-14/h3-11,18H,1-2H3. The minimum absolute atomic E-state index is 0.365. The molecule has 3 nitrogen and oxygen atoms in total. The average Bonchev–Trinajstić information content (AvgIpc) is 2.47. The van der Waals surface area contributed by atoms with Crippen LogP contribution in [0.25, 0.3) is 0 Å². The van der Waals surface area contributed by atoms with Crippen LogP contribution in [0.2, 0.25) is 0 Å². The van der Waals surface area contributed by atoms with E-state index in [-0.39, 0.29) is 5.82 Å². The van der Waals surface area contributed by atoms with Gasteiger partial charge in [0, 0.05) is 5.69 Å². The van der Waals surface area contributed by atoms with Gasteiger partial charge in [0.2, 0.25) is 0 Å². The number of hydrogen-bond donors (Lipinski definition) is 1. The summed E-state index contributed by atoms with van der Waals surface area (Å²) in [5, 5.41) is 3.05. The van der Waals surface area contributed by atoms with Crippen LogP contribution in [0.15, 0.2) is 54.6 Å². The van der Waals surface area contributed by atoms with Gasteiger partial charge < -0.3 is 10.1 Å². The first kappa shape index (κ1) is 14.1. The molecule has 0 saturated carbocycles. The molecule has 0 aliphatic carbocycles. The second-order valence-electron chi connectivity index (χ2n) is 4.62. The zero-order valence-corrected chi connectivity index (χ0v) is 11.4. The molecule has 0 radical (unpaired) electrons. The van der Waals surface area contributed by atoms with Crippen molar-refractivity contribution in [3.8, 4) is 0 Å². The van der Waals surface area contributed by atoms with Gasteiger partial charge in [-0.1, -0.05) is 36.4 Å². The third-order valence-corrected chi connectivity index (χ3v) is 3.16. The molecule has 0 bridgehead atoms. The third-order valence-electron chi connectivity index (χ3n) is 3.16. The Morgan fingerprint density at radius 1 is 1.15 bits per heavy atom. The van der Waals surface area contributed by atoms with Crippen molar-refractivity contribution in [3.63, 3.8) is 0 Å². The maximum atomic E-state index is 13.3. The number of carbonyl (C=O) groups is 1. The summed E-state index contributed by atoms with van der Waals surface area (Å²) in [6.45, 7) is 1.71. The van der Waals surface area contributed by atoms with Crippen molar-refractivity contribution in [1.29, 1.82) is 0 Å². The van der Waals surface area contributed by atoms with Crippen LogP contribution in [0.1, 0.15) is 12.5 Å². The molecule has 2 aromatic rings. The summed E-state index contributed by atoms with van der Waals surface area (Å²) in [5.41, 5.74) is 0.182. The fourth-order valence-electron chi connectivity index (χ4n) is 2.07. The van der Waals surface area contributed by atoms with E-state index in [1.54, 1.807) is 19.1 Å². The Labute approximate surface area is 117 Å². The van der Waals surface area contributed by atoms with Crippen molar-refractivity contribution in [2.24, 2.45) is 0 Å². The van der Waals surface area contributed by atoms with Crippen LogP contribution in [0.3, 0.4) is 0 Å². The summed E-state index contributed by atoms with van der Waals surface area (Å²) in [6, 6.07) is 15.2. The largest absolute Gasteiger partial charge is 0.467 e. The molecule has 0 aromatic heterocycles. The molecular weight excluding hydrogens is 257 g/mol. The van der Waals surface area contributed by atoms with Crippen LogP contribution in [0.5, 0.6) is 0 Å². The number of carbonyl (C=O) groups excluding carboxylic acids is 1. The lowest BCUT2D eigenvalue weighted by molar-refractivity contribution is -0.145. The van der Waals surface area contributed by atoms with E-state index < -0.39 is 11.5 Å². The van der Waals surface area contributed by atoms with Crippen LogP contribution in [-0.2, 0) is 15.1 Å². The highest BCUT2D eigenvalue weighted by atomic mass is 19.1. The number of benzene rings is 2. The van der Waals surface area contributed by atoms with E-state index in [9.17, 15) is 9.18 Å².